The van der Waals surface area contributed by atoms with Gasteiger partial charge in [0.25, 0.3) is 0 Å². The fourth-order valence-corrected chi connectivity index (χ4v) is 4.49. The molecule has 0 heterocycles. The van der Waals surface area contributed by atoms with Crippen molar-refractivity contribution in [1.29, 1.82) is 0 Å². The maximum absolute atomic E-state index is 11.9. The third-order valence-electron chi connectivity index (χ3n) is 2.32. The predicted octanol–water partition coefficient (Wildman–Crippen LogP) is 1.66. The average Bonchev–Trinajstić information content (AvgIpc) is 2.36. The van der Waals surface area contributed by atoms with Crippen LogP contribution in [0.2, 0.25) is 0 Å². The van der Waals surface area contributed by atoms with Gasteiger partial charge in [-0.1, -0.05) is 30.3 Å². The van der Waals surface area contributed by atoms with Gasteiger partial charge < -0.3 is 25.0 Å². The smallest absolute Gasteiger partial charge is 0.766 e. The number of rotatable bonds is 8. The zero-order chi connectivity index (χ0) is 15.2. The quantitative estimate of drug-likeness (QED) is 0.499. The second-order valence-electron chi connectivity index (χ2n) is 3.79. The van der Waals surface area contributed by atoms with Gasteiger partial charge in [0, 0.05) is 6.54 Å². The molecule has 2 atom stereocenters. The Hall–Kier alpha value is 0.128. The van der Waals surface area contributed by atoms with Gasteiger partial charge >= 0.3 is 21.1 Å². The van der Waals surface area contributed by atoms with Crippen LogP contribution >= 0.6 is 15.5 Å². The predicted molar refractivity (Wildman–Crippen MR) is 75.5 cm³/mol. The van der Waals surface area contributed by atoms with Crippen LogP contribution in [0.15, 0.2) is 30.3 Å². The van der Waals surface area contributed by atoms with E-state index in [2.05, 4.69) is 9.05 Å². The van der Waals surface area contributed by atoms with E-state index in [0.29, 0.717) is 5.56 Å². The first-order valence-corrected chi connectivity index (χ1v) is 9.06. The molecule has 0 radical (unpaired) electrons. The van der Waals surface area contributed by atoms with Crippen LogP contribution in [0.5, 0.6) is 0 Å². The van der Waals surface area contributed by atoms with Gasteiger partial charge in [-0.2, -0.15) is 4.44 Å². The van der Waals surface area contributed by atoms with Gasteiger partial charge in [-0.25, -0.2) is 0 Å². The minimum atomic E-state index is -4.74. The summed E-state index contributed by atoms with van der Waals surface area (Å²) in [6.07, 6.45) is 0. The van der Waals surface area contributed by atoms with Gasteiger partial charge in [0.2, 0.25) is 15.5 Å². The molecule has 130 valence electrons. The van der Waals surface area contributed by atoms with Crippen molar-refractivity contribution in [3.8, 4) is 0 Å². The number of hydrogen-bond acceptors (Lipinski definition) is 7. The Morgan fingerprint density at radius 2 is 1.41 bits per heavy atom. The van der Waals surface area contributed by atoms with Crippen molar-refractivity contribution in [2.75, 3.05) is 13.2 Å². The zero-order valence-electron chi connectivity index (χ0n) is 12.3. The molecule has 0 amide bonds. The van der Waals surface area contributed by atoms with Crippen molar-refractivity contribution in [3.63, 3.8) is 0 Å². The molecule has 0 bridgehead atoms. The molecule has 22 heavy (non-hydrogen) atoms. The fourth-order valence-electron chi connectivity index (χ4n) is 1.51. The van der Waals surface area contributed by atoms with E-state index in [1.165, 1.54) is 13.8 Å². The summed E-state index contributed by atoms with van der Waals surface area (Å²) in [7, 11) is -9.47. The first kappa shape index (κ1) is 24.4. The second kappa shape index (κ2) is 10.8. The van der Waals surface area contributed by atoms with Gasteiger partial charge in [0.1, 0.15) is 0 Å². The standard InChI is InChI=1S/C11H19NO6P2.H3N.Pt/c1-3-17-19(13,14)12(20(15,16)18-4-2)10-11-8-6-5-7-9-11;;/h5-9H,3-4,10H2,1-2H3,(H,13,14)(H,15,16);1H3;/q;;+2/p-2. The Kier molecular flexibility index (Phi) is 12.0. The molecule has 0 aliphatic rings. The van der Waals surface area contributed by atoms with E-state index in [0.717, 1.165) is 0 Å². The first-order valence-electron chi connectivity index (χ1n) is 6.07. The normalized spacial score (nSPS) is 16.0. The van der Waals surface area contributed by atoms with Crippen LogP contribution in [0, 0.1) is 0 Å². The van der Waals surface area contributed by atoms with Crippen LogP contribution in [0.1, 0.15) is 19.4 Å². The average molecular weight is 533 g/mol. The Balaban J connectivity index is 0. The molecule has 0 spiro atoms. The number of benzene rings is 1. The maximum atomic E-state index is 11.9. The number of hydrogen-bond donors (Lipinski definition) is 1. The van der Waals surface area contributed by atoms with E-state index in [9.17, 15) is 18.9 Å². The molecule has 1 aromatic rings. The summed E-state index contributed by atoms with van der Waals surface area (Å²) in [5.41, 5.74) is 0.513. The molecule has 0 aliphatic carbocycles. The van der Waals surface area contributed by atoms with E-state index in [4.69, 9.17) is 0 Å². The summed E-state index contributed by atoms with van der Waals surface area (Å²) in [6.45, 7) is 2.25. The molecular weight excluding hydrogens is 513 g/mol. The summed E-state index contributed by atoms with van der Waals surface area (Å²) in [5.74, 6) is 0. The van der Waals surface area contributed by atoms with E-state index in [1.54, 1.807) is 30.3 Å². The Labute approximate surface area is 144 Å². The van der Waals surface area contributed by atoms with Crippen LogP contribution in [0.25, 0.3) is 0 Å². The molecule has 11 heteroatoms. The van der Waals surface area contributed by atoms with Crippen LogP contribution in [0.4, 0.5) is 0 Å². The fraction of sp³-hybridized carbons (Fsp3) is 0.455. The molecule has 1 aromatic carbocycles. The van der Waals surface area contributed by atoms with E-state index in [1.807, 2.05) is 0 Å². The Morgan fingerprint density at radius 3 is 1.77 bits per heavy atom. The summed E-state index contributed by atoms with van der Waals surface area (Å²) >= 11 is 0. The maximum Gasteiger partial charge on any atom is 2.00 e. The molecule has 0 fully saturated rings. The largest absolute Gasteiger partial charge is 2.00 e. The topological polar surface area (TPSA) is 137 Å². The van der Waals surface area contributed by atoms with Crippen LogP contribution < -0.4 is 15.9 Å². The molecule has 2 unspecified atom stereocenters. The minimum Gasteiger partial charge on any atom is -0.766 e. The van der Waals surface area contributed by atoms with Crippen molar-refractivity contribution >= 4 is 15.5 Å². The molecular formula is C11H20N2O6P2Pt. The number of nitrogens with zero attached hydrogens (tertiary/aromatic N) is 1. The van der Waals surface area contributed by atoms with E-state index >= 15 is 0 Å². The van der Waals surface area contributed by atoms with Gasteiger partial charge in [0.15, 0.2) is 0 Å². The first-order chi connectivity index (χ1) is 9.33. The molecule has 0 saturated carbocycles. The molecule has 8 nitrogen and oxygen atoms in total. The van der Waals surface area contributed by atoms with Crippen LogP contribution in [-0.4, -0.2) is 17.7 Å². The Morgan fingerprint density at radius 1 is 1.00 bits per heavy atom. The van der Waals surface area contributed by atoms with Gasteiger partial charge in [0.05, 0.1) is 13.2 Å². The minimum absolute atomic E-state index is 0. The van der Waals surface area contributed by atoms with Gasteiger partial charge in [-0.05, 0) is 19.4 Å². The van der Waals surface area contributed by atoms with E-state index < -0.39 is 15.5 Å². The van der Waals surface area contributed by atoms with Crippen molar-refractivity contribution in [2.45, 2.75) is 20.4 Å². The van der Waals surface area contributed by atoms with E-state index in [-0.39, 0.29) is 51.4 Å². The zero-order valence-corrected chi connectivity index (χ0v) is 16.4. The third-order valence-corrected chi connectivity index (χ3v) is 6.21. The van der Waals surface area contributed by atoms with Crippen molar-refractivity contribution in [2.24, 2.45) is 0 Å². The molecule has 0 aromatic heterocycles. The Bertz CT molecular complexity index is 493. The second-order valence-corrected chi connectivity index (χ2v) is 7.46. The molecule has 3 N–H and O–H groups in total. The monoisotopic (exact) mass is 533 g/mol. The molecule has 0 aliphatic heterocycles. The van der Waals surface area contributed by atoms with Gasteiger partial charge in [-0.15, -0.1) is 0 Å². The van der Waals surface area contributed by atoms with Crippen molar-refractivity contribution in [3.05, 3.63) is 35.9 Å². The molecule has 0 saturated heterocycles. The van der Waals surface area contributed by atoms with Crippen molar-refractivity contribution < 1.29 is 49.0 Å². The van der Waals surface area contributed by atoms with Crippen LogP contribution in [-0.2, 0) is 45.8 Å². The summed E-state index contributed by atoms with van der Waals surface area (Å²) in [4.78, 5) is 23.9. The third kappa shape index (κ3) is 7.13. The van der Waals surface area contributed by atoms with Crippen molar-refractivity contribution in [1.82, 2.24) is 10.6 Å². The SMILES string of the molecule is CCOP(=O)([O-])N(Cc1ccccc1)P(=O)([O-])OCC.N.[Pt+2]. The van der Waals surface area contributed by atoms with Gasteiger partial charge in [-0.3, -0.25) is 9.13 Å². The molecule has 1 rings (SSSR count). The van der Waals surface area contributed by atoms with Crippen LogP contribution in [0.3, 0.4) is 0 Å². The summed E-state index contributed by atoms with van der Waals surface area (Å²) in [5, 5.41) is 0. The summed E-state index contributed by atoms with van der Waals surface area (Å²) in [6, 6.07) is 8.34. The summed E-state index contributed by atoms with van der Waals surface area (Å²) < 4.78 is 33.3.